The Labute approximate surface area is 134 Å². The zero-order valence-corrected chi connectivity index (χ0v) is 13.6. The first-order chi connectivity index (χ1) is 9.99. The molecule has 1 aromatic rings. The number of rotatable bonds is 5. The van der Waals surface area contributed by atoms with E-state index in [2.05, 4.69) is 9.72 Å². The first kappa shape index (κ1) is 16.6. The molecule has 5 nitrogen and oxygen atoms in total. The fourth-order valence-electron chi connectivity index (χ4n) is 2.68. The minimum Gasteiger partial charge on any atom is -0.468 e. The molecule has 0 amide bonds. The van der Waals surface area contributed by atoms with Crippen molar-refractivity contribution < 1.29 is 9.53 Å². The molecule has 21 heavy (non-hydrogen) atoms. The summed E-state index contributed by atoms with van der Waals surface area (Å²) in [5, 5.41) is 0.296. The third kappa shape index (κ3) is 4.59. The van der Waals surface area contributed by atoms with Crippen LogP contribution >= 0.6 is 23.2 Å². The normalized spacial score (nSPS) is 27.3. The molecule has 1 aliphatic carbocycles. The van der Waals surface area contributed by atoms with Gasteiger partial charge in [-0.05, 0) is 25.2 Å². The number of nitrogens with two attached hydrogens (primary N) is 1. The van der Waals surface area contributed by atoms with Crippen LogP contribution < -0.4 is 5.73 Å². The summed E-state index contributed by atoms with van der Waals surface area (Å²) in [7, 11) is 1.33. The maximum Gasteiger partial charge on any atom is 0.323 e. The summed E-state index contributed by atoms with van der Waals surface area (Å²) in [4.78, 5) is 15.6. The van der Waals surface area contributed by atoms with Crippen molar-refractivity contribution in [1.29, 1.82) is 0 Å². The molecule has 1 saturated carbocycles. The van der Waals surface area contributed by atoms with E-state index in [-0.39, 0.29) is 10.8 Å². The van der Waals surface area contributed by atoms with Gasteiger partial charge in [-0.25, -0.2) is 4.98 Å². The second kappa shape index (κ2) is 7.47. The van der Waals surface area contributed by atoms with E-state index in [1.54, 1.807) is 6.33 Å². The lowest BCUT2D eigenvalue weighted by atomic mass is 9.88. The van der Waals surface area contributed by atoms with E-state index in [9.17, 15) is 4.79 Å². The van der Waals surface area contributed by atoms with Crippen molar-refractivity contribution in [2.45, 2.75) is 49.0 Å². The van der Waals surface area contributed by atoms with Gasteiger partial charge in [0.2, 0.25) is 0 Å². The Kier molecular flexibility index (Phi) is 5.90. The van der Waals surface area contributed by atoms with E-state index in [1.165, 1.54) is 7.11 Å². The number of imidazole rings is 1. The average Bonchev–Trinajstić information content (AvgIpc) is 2.88. The van der Waals surface area contributed by atoms with Crippen molar-refractivity contribution in [3.63, 3.8) is 0 Å². The molecule has 0 bridgehead atoms. The molecule has 1 aromatic heterocycles. The first-order valence-corrected chi connectivity index (χ1v) is 7.99. The van der Waals surface area contributed by atoms with Crippen LogP contribution in [0.3, 0.4) is 0 Å². The maximum atomic E-state index is 11.3. The molecule has 0 saturated heterocycles. The van der Waals surface area contributed by atoms with E-state index < -0.39 is 12.0 Å². The Morgan fingerprint density at radius 2 is 2.33 bits per heavy atom. The molecule has 2 rings (SSSR count). The summed E-state index contributed by atoms with van der Waals surface area (Å²) >= 11 is 12.5. The fraction of sp³-hybridized carbons (Fsp3) is 0.714. The topological polar surface area (TPSA) is 70.1 Å². The number of aromatic nitrogens is 2. The van der Waals surface area contributed by atoms with Crippen molar-refractivity contribution in [3.8, 4) is 0 Å². The molecule has 2 N–H and O–H groups in total. The van der Waals surface area contributed by atoms with E-state index in [1.807, 2.05) is 10.8 Å². The summed E-state index contributed by atoms with van der Waals surface area (Å²) in [5.41, 5.74) is 6.51. The summed E-state index contributed by atoms with van der Waals surface area (Å²) in [5.74, 6) is -0.0243. The van der Waals surface area contributed by atoms with Crippen molar-refractivity contribution in [2.24, 2.45) is 11.7 Å². The summed E-state index contributed by atoms with van der Waals surface area (Å²) < 4.78 is 6.62. The van der Waals surface area contributed by atoms with Crippen molar-refractivity contribution in [2.75, 3.05) is 7.11 Å². The Morgan fingerprint density at radius 1 is 1.57 bits per heavy atom. The highest BCUT2D eigenvalue weighted by atomic mass is 35.5. The van der Waals surface area contributed by atoms with Crippen LogP contribution in [0, 0.1) is 5.92 Å². The van der Waals surface area contributed by atoms with Crippen LogP contribution in [0.5, 0.6) is 0 Å². The van der Waals surface area contributed by atoms with Crippen molar-refractivity contribution in [3.05, 3.63) is 18.2 Å². The van der Waals surface area contributed by atoms with Crippen LogP contribution in [0.2, 0.25) is 0 Å². The number of alkyl halides is 2. The molecule has 118 valence electrons. The Hall–Kier alpha value is -0.780. The summed E-state index contributed by atoms with van der Waals surface area (Å²) in [6.45, 7) is 0.818. The molecule has 1 heterocycles. The molecule has 4 atom stereocenters. The van der Waals surface area contributed by atoms with Gasteiger partial charge in [0, 0.05) is 29.9 Å². The molecular weight excluding hydrogens is 313 g/mol. The number of ether oxygens (including phenoxy) is 1. The predicted octanol–water partition coefficient (Wildman–Crippen LogP) is 1.94. The van der Waals surface area contributed by atoms with E-state index in [4.69, 9.17) is 28.9 Å². The highest BCUT2D eigenvalue weighted by Gasteiger charge is 2.28. The lowest BCUT2D eigenvalue weighted by molar-refractivity contribution is -0.142. The zero-order valence-electron chi connectivity index (χ0n) is 12.0. The molecule has 0 aromatic carbocycles. The highest BCUT2D eigenvalue weighted by Crippen LogP contribution is 2.32. The van der Waals surface area contributed by atoms with Gasteiger partial charge in [-0.15, -0.1) is 23.2 Å². The van der Waals surface area contributed by atoms with Crippen LogP contribution in [-0.4, -0.2) is 39.4 Å². The molecule has 0 aliphatic heterocycles. The number of hydrogen-bond acceptors (Lipinski definition) is 4. The maximum absolute atomic E-state index is 11.3. The van der Waals surface area contributed by atoms with Gasteiger partial charge >= 0.3 is 5.97 Å². The second-order valence-electron chi connectivity index (χ2n) is 5.58. The third-order valence-electron chi connectivity index (χ3n) is 3.91. The van der Waals surface area contributed by atoms with Gasteiger partial charge in [-0.2, -0.15) is 0 Å². The fourth-order valence-corrected chi connectivity index (χ4v) is 3.51. The Bertz CT molecular complexity index is 481. The van der Waals surface area contributed by atoms with Gasteiger partial charge < -0.3 is 15.0 Å². The van der Waals surface area contributed by atoms with Crippen molar-refractivity contribution >= 4 is 29.2 Å². The van der Waals surface area contributed by atoms with Crippen LogP contribution in [0.1, 0.15) is 25.0 Å². The molecular formula is C14H21Cl2N3O2. The molecule has 0 spiro atoms. The molecule has 1 aliphatic rings. The van der Waals surface area contributed by atoms with E-state index >= 15 is 0 Å². The van der Waals surface area contributed by atoms with Crippen molar-refractivity contribution in [1.82, 2.24) is 9.55 Å². The molecule has 7 heteroatoms. The van der Waals surface area contributed by atoms with Gasteiger partial charge in [-0.3, -0.25) is 4.79 Å². The smallest absolute Gasteiger partial charge is 0.323 e. The van der Waals surface area contributed by atoms with E-state index in [0.717, 1.165) is 31.5 Å². The number of carbonyl (C=O) groups excluding carboxylic acids is 1. The quantitative estimate of drug-likeness (QED) is 0.660. The molecule has 4 unspecified atom stereocenters. The Balaban J connectivity index is 1.89. The van der Waals surface area contributed by atoms with Crippen LogP contribution in [0.15, 0.2) is 12.5 Å². The summed E-state index contributed by atoms with van der Waals surface area (Å²) in [6, 6.07) is -0.675. The minimum atomic E-state index is -0.675. The van der Waals surface area contributed by atoms with Gasteiger partial charge in [0.15, 0.2) is 0 Å². The highest BCUT2D eigenvalue weighted by molar-refractivity contribution is 6.23. The number of nitrogens with zero attached hydrogens (tertiary/aromatic N) is 2. The molecule has 1 fully saturated rings. The van der Waals surface area contributed by atoms with Crippen LogP contribution in [0.4, 0.5) is 0 Å². The first-order valence-electron chi connectivity index (χ1n) is 7.11. The largest absolute Gasteiger partial charge is 0.468 e. The summed E-state index contributed by atoms with van der Waals surface area (Å²) in [6.07, 6.45) is 6.93. The van der Waals surface area contributed by atoms with Gasteiger partial charge in [-0.1, -0.05) is 0 Å². The van der Waals surface area contributed by atoms with Crippen LogP contribution in [-0.2, 0) is 22.5 Å². The minimum absolute atomic E-state index is 0.101. The lowest BCUT2D eigenvalue weighted by Gasteiger charge is -2.30. The SMILES string of the molecule is COC(=O)C(N)Cc1cn(CC2CCC(Cl)CC2Cl)cn1. The predicted molar refractivity (Wildman–Crippen MR) is 82.5 cm³/mol. The number of carbonyl (C=O) groups is 1. The second-order valence-corrected chi connectivity index (χ2v) is 6.76. The zero-order chi connectivity index (χ0) is 15.4. The number of halogens is 2. The van der Waals surface area contributed by atoms with Gasteiger partial charge in [0.25, 0.3) is 0 Å². The van der Waals surface area contributed by atoms with Gasteiger partial charge in [0.1, 0.15) is 6.04 Å². The Morgan fingerprint density at radius 3 is 3.00 bits per heavy atom. The van der Waals surface area contributed by atoms with Crippen LogP contribution in [0.25, 0.3) is 0 Å². The standard InChI is InChI=1S/C14H21Cl2N3O2/c1-21-14(20)13(17)5-11-7-19(8-18-11)6-9-2-3-10(15)4-12(9)16/h7-10,12-13H,2-6,17H2,1H3. The average molecular weight is 334 g/mol. The van der Waals surface area contributed by atoms with Gasteiger partial charge in [0.05, 0.1) is 19.1 Å². The lowest BCUT2D eigenvalue weighted by Crippen LogP contribution is -2.33. The number of methoxy groups -OCH3 is 1. The third-order valence-corrected chi connectivity index (χ3v) is 4.84. The number of esters is 1. The monoisotopic (exact) mass is 333 g/mol. The van der Waals surface area contributed by atoms with E-state index in [0.29, 0.717) is 12.3 Å². The number of hydrogen-bond donors (Lipinski definition) is 1. The molecule has 0 radical (unpaired) electrons.